The molecule has 0 fully saturated rings. The van der Waals surface area contributed by atoms with Crippen LogP contribution in [0.3, 0.4) is 0 Å². The minimum Gasteiger partial charge on any atom is -0.279 e. The Hall–Kier alpha value is -2.64. The monoisotopic (exact) mass is 294 g/mol. The topological polar surface area (TPSA) is 35.1 Å². The van der Waals surface area contributed by atoms with Crippen LogP contribution in [0.1, 0.15) is 5.82 Å². The van der Waals surface area contributed by atoms with Gasteiger partial charge in [0.2, 0.25) is 0 Å². The Morgan fingerprint density at radius 1 is 1.00 bits per heavy atom. The van der Waals surface area contributed by atoms with Gasteiger partial charge >= 0.3 is 0 Å². The minimum absolute atomic E-state index is 0.605. The van der Waals surface area contributed by atoms with Crippen LogP contribution in [0.5, 0.6) is 0 Å². The fourth-order valence-electron chi connectivity index (χ4n) is 2.13. The van der Waals surface area contributed by atoms with E-state index in [2.05, 4.69) is 15.0 Å². The molecule has 0 spiro atoms. The van der Waals surface area contributed by atoms with Gasteiger partial charge < -0.3 is 0 Å². The molecule has 1 aromatic heterocycles. The van der Waals surface area contributed by atoms with Gasteiger partial charge in [-0.05, 0) is 31.2 Å². The van der Waals surface area contributed by atoms with Crippen molar-refractivity contribution in [1.82, 2.24) is 14.8 Å². The Balaban J connectivity index is 2.12. The lowest BCUT2D eigenvalue weighted by molar-refractivity contribution is 0.972. The van der Waals surface area contributed by atoms with E-state index in [0.717, 1.165) is 22.9 Å². The molecular formula is C16H11ClN4. The molecule has 102 valence electrons. The van der Waals surface area contributed by atoms with Crippen LogP contribution in [0.4, 0.5) is 5.69 Å². The third kappa shape index (κ3) is 2.51. The lowest BCUT2D eigenvalue weighted by Crippen LogP contribution is -1.99. The minimum atomic E-state index is 0.605. The van der Waals surface area contributed by atoms with Gasteiger partial charge in [-0.3, -0.25) is 4.57 Å². The normalized spacial score (nSPS) is 10.3. The molecule has 0 N–H and O–H groups in total. The fourth-order valence-corrected chi connectivity index (χ4v) is 2.26. The molecule has 3 rings (SSSR count). The van der Waals surface area contributed by atoms with Gasteiger partial charge in [-0.1, -0.05) is 35.9 Å². The van der Waals surface area contributed by atoms with E-state index in [1.165, 1.54) is 0 Å². The summed E-state index contributed by atoms with van der Waals surface area (Å²) in [6, 6.07) is 14.8. The SMILES string of the molecule is [C-]#[N+]c1ccc(-c2nnc(C)n2-c2ccc(Cl)cc2)cc1. The second kappa shape index (κ2) is 5.39. The number of aromatic nitrogens is 3. The molecular weight excluding hydrogens is 284 g/mol. The van der Waals surface area contributed by atoms with E-state index in [9.17, 15) is 0 Å². The Morgan fingerprint density at radius 3 is 2.29 bits per heavy atom. The maximum Gasteiger partial charge on any atom is 0.187 e. The summed E-state index contributed by atoms with van der Waals surface area (Å²) in [5.74, 6) is 1.54. The van der Waals surface area contributed by atoms with Crippen LogP contribution in [0.25, 0.3) is 21.9 Å². The maximum absolute atomic E-state index is 7.00. The van der Waals surface area contributed by atoms with Gasteiger partial charge in [0.25, 0.3) is 0 Å². The van der Waals surface area contributed by atoms with E-state index in [0.29, 0.717) is 10.7 Å². The number of benzene rings is 2. The van der Waals surface area contributed by atoms with Gasteiger partial charge in [-0.2, -0.15) is 0 Å². The van der Waals surface area contributed by atoms with Crippen molar-refractivity contribution in [3.05, 3.63) is 70.8 Å². The van der Waals surface area contributed by atoms with Crippen LogP contribution < -0.4 is 0 Å². The van der Waals surface area contributed by atoms with Gasteiger partial charge in [0.1, 0.15) is 5.82 Å². The van der Waals surface area contributed by atoms with Gasteiger partial charge in [0.05, 0.1) is 6.57 Å². The number of hydrogen-bond donors (Lipinski definition) is 0. The third-order valence-electron chi connectivity index (χ3n) is 3.16. The van der Waals surface area contributed by atoms with Crippen LogP contribution in [0.15, 0.2) is 48.5 Å². The predicted octanol–water partition coefficient (Wildman–Crippen LogP) is 4.45. The summed E-state index contributed by atoms with van der Waals surface area (Å²) in [5, 5.41) is 9.08. The second-order valence-electron chi connectivity index (χ2n) is 4.54. The van der Waals surface area contributed by atoms with E-state index < -0.39 is 0 Å². The Kier molecular flexibility index (Phi) is 3.43. The van der Waals surface area contributed by atoms with Crippen molar-refractivity contribution in [1.29, 1.82) is 0 Å². The number of aryl methyl sites for hydroxylation is 1. The zero-order valence-corrected chi connectivity index (χ0v) is 12.0. The lowest BCUT2D eigenvalue weighted by atomic mass is 10.2. The van der Waals surface area contributed by atoms with Crippen LogP contribution in [0, 0.1) is 13.5 Å². The first-order valence-electron chi connectivity index (χ1n) is 6.35. The molecule has 0 aliphatic carbocycles. The molecule has 0 aliphatic rings. The van der Waals surface area contributed by atoms with E-state index in [1.54, 1.807) is 12.1 Å². The number of halogens is 1. The molecule has 0 saturated heterocycles. The number of hydrogen-bond acceptors (Lipinski definition) is 2. The van der Waals surface area contributed by atoms with Gasteiger partial charge in [-0.25, -0.2) is 4.85 Å². The summed E-state index contributed by atoms with van der Waals surface area (Å²) in [7, 11) is 0. The molecule has 0 amide bonds. The third-order valence-corrected chi connectivity index (χ3v) is 3.42. The van der Waals surface area contributed by atoms with Crippen LogP contribution in [-0.4, -0.2) is 14.8 Å². The van der Waals surface area contributed by atoms with Crippen molar-refractivity contribution in [2.24, 2.45) is 0 Å². The highest BCUT2D eigenvalue weighted by molar-refractivity contribution is 6.30. The summed E-state index contributed by atoms with van der Waals surface area (Å²) in [6.07, 6.45) is 0. The summed E-state index contributed by atoms with van der Waals surface area (Å²) in [5.41, 5.74) is 2.47. The Morgan fingerprint density at radius 2 is 1.67 bits per heavy atom. The van der Waals surface area contributed by atoms with Crippen molar-refractivity contribution < 1.29 is 0 Å². The van der Waals surface area contributed by atoms with Crippen molar-refractivity contribution >= 4 is 17.3 Å². The fraction of sp³-hybridized carbons (Fsp3) is 0.0625. The van der Waals surface area contributed by atoms with Gasteiger partial charge in [-0.15, -0.1) is 10.2 Å². The smallest absolute Gasteiger partial charge is 0.187 e. The van der Waals surface area contributed by atoms with E-state index in [-0.39, 0.29) is 0 Å². The maximum atomic E-state index is 7.00. The molecule has 0 bridgehead atoms. The standard InChI is InChI=1S/C16H11ClN4/c1-11-19-20-16(12-3-7-14(18-2)8-4-12)21(11)15-9-5-13(17)6-10-15/h3-10H,1H3. The largest absolute Gasteiger partial charge is 0.279 e. The summed E-state index contributed by atoms with van der Waals surface area (Å²) < 4.78 is 1.96. The summed E-state index contributed by atoms with van der Waals surface area (Å²) in [4.78, 5) is 3.39. The molecule has 0 aliphatic heterocycles. The highest BCUT2D eigenvalue weighted by Gasteiger charge is 2.12. The molecule has 2 aromatic carbocycles. The van der Waals surface area contributed by atoms with Gasteiger partial charge in [0.15, 0.2) is 11.5 Å². The van der Waals surface area contributed by atoms with E-state index in [4.69, 9.17) is 18.2 Å². The van der Waals surface area contributed by atoms with Crippen LogP contribution >= 0.6 is 11.6 Å². The molecule has 1 heterocycles. The highest BCUT2D eigenvalue weighted by atomic mass is 35.5. The molecule has 0 unspecified atom stereocenters. The van der Waals surface area contributed by atoms with Crippen LogP contribution in [0.2, 0.25) is 5.02 Å². The molecule has 4 nitrogen and oxygen atoms in total. The molecule has 0 radical (unpaired) electrons. The number of nitrogens with zero attached hydrogens (tertiary/aromatic N) is 4. The van der Waals surface area contributed by atoms with Crippen molar-refractivity contribution in [2.75, 3.05) is 0 Å². The zero-order valence-electron chi connectivity index (χ0n) is 11.3. The average molecular weight is 295 g/mol. The Bertz CT molecular complexity index is 811. The van der Waals surface area contributed by atoms with E-state index >= 15 is 0 Å². The van der Waals surface area contributed by atoms with E-state index in [1.807, 2.05) is 47.9 Å². The summed E-state index contributed by atoms with van der Waals surface area (Å²) in [6.45, 7) is 8.90. The van der Waals surface area contributed by atoms with Crippen molar-refractivity contribution in [3.63, 3.8) is 0 Å². The quantitative estimate of drug-likeness (QED) is 0.655. The van der Waals surface area contributed by atoms with Gasteiger partial charge in [0, 0.05) is 16.3 Å². The average Bonchev–Trinajstić information content (AvgIpc) is 2.90. The zero-order chi connectivity index (χ0) is 14.8. The molecule has 5 heteroatoms. The van der Waals surface area contributed by atoms with Crippen molar-refractivity contribution in [2.45, 2.75) is 6.92 Å². The highest BCUT2D eigenvalue weighted by Crippen LogP contribution is 2.25. The summed E-state index contributed by atoms with van der Waals surface area (Å²) >= 11 is 5.93. The molecule has 0 atom stereocenters. The number of rotatable bonds is 2. The Labute approximate surface area is 127 Å². The second-order valence-corrected chi connectivity index (χ2v) is 4.98. The lowest BCUT2D eigenvalue weighted by Gasteiger charge is -2.09. The first-order valence-corrected chi connectivity index (χ1v) is 6.72. The molecule has 21 heavy (non-hydrogen) atoms. The molecule has 0 saturated carbocycles. The first-order chi connectivity index (χ1) is 10.2. The van der Waals surface area contributed by atoms with Crippen LogP contribution in [-0.2, 0) is 0 Å². The molecule has 3 aromatic rings. The van der Waals surface area contributed by atoms with Crippen molar-refractivity contribution in [3.8, 4) is 17.1 Å². The first kappa shape index (κ1) is 13.3. The predicted molar refractivity (Wildman–Crippen MR) is 82.8 cm³/mol.